The van der Waals surface area contributed by atoms with Crippen molar-refractivity contribution >= 4 is 10.0 Å². The predicted molar refractivity (Wildman–Crippen MR) is 66.6 cm³/mol. The van der Waals surface area contributed by atoms with E-state index in [9.17, 15) is 8.42 Å². The maximum atomic E-state index is 12.3. The first-order chi connectivity index (χ1) is 8.64. The zero-order valence-electron chi connectivity index (χ0n) is 10.5. The molecule has 0 amide bonds. The Morgan fingerprint density at radius 2 is 2.39 bits per heavy atom. The van der Waals surface area contributed by atoms with Gasteiger partial charge in [0.1, 0.15) is 4.90 Å². The first-order valence-corrected chi connectivity index (χ1v) is 7.69. The van der Waals surface area contributed by atoms with Gasteiger partial charge in [-0.3, -0.25) is 5.10 Å². The van der Waals surface area contributed by atoms with Crippen LogP contribution in [0.15, 0.2) is 17.3 Å². The van der Waals surface area contributed by atoms with Gasteiger partial charge in [0.25, 0.3) is 0 Å². The number of rotatable bonds is 5. The van der Waals surface area contributed by atoms with E-state index in [1.807, 2.05) is 6.92 Å². The van der Waals surface area contributed by atoms with E-state index in [0.717, 1.165) is 25.9 Å². The summed E-state index contributed by atoms with van der Waals surface area (Å²) in [5.41, 5.74) is 0. The summed E-state index contributed by atoms with van der Waals surface area (Å²) in [4.78, 5) is 0.208. The van der Waals surface area contributed by atoms with Gasteiger partial charge in [0.15, 0.2) is 0 Å². The maximum Gasteiger partial charge on any atom is 0.246 e. The fourth-order valence-corrected chi connectivity index (χ4v) is 3.49. The van der Waals surface area contributed by atoms with Crippen molar-refractivity contribution in [2.45, 2.75) is 37.2 Å². The Morgan fingerprint density at radius 3 is 2.94 bits per heavy atom. The zero-order chi connectivity index (χ0) is 13.0. The number of ether oxygens (including phenoxy) is 1. The molecule has 0 spiro atoms. The topological polar surface area (TPSA) is 75.3 Å². The van der Waals surface area contributed by atoms with Crippen LogP contribution in [0.4, 0.5) is 0 Å². The molecule has 0 aromatic carbocycles. The third-order valence-corrected chi connectivity index (χ3v) is 5.05. The Morgan fingerprint density at radius 1 is 1.56 bits per heavy atom. The number of aromatic nitrogens is 2. The van der Waals surface area contributed by atoms with Crippen LogP contribution < -0.4 is 0 Å². The molecule has 7 heteroatoms. The van der Waals surface area contributed by atoms with Gasteiger partial charge in [-0.05, 0) is 19.3 Å². The lowest BCUT2D eigenvalue weighted by Gasteiger charge is -2.28. The van der Waals surface area contributed by atoms with Crippen molar-refractivity contribution in [2.75, 3.05) is 19.7 Å². The lowest BCUT2D eigenvalue weighted by Crippen LogP contribution is -2.39. The van der Waals surface area contributed by atoms with Crippen molar-refractivity contribution < 1.29 is 13.2 Å². The van der Waals surface area contributed by atoms with Crippen LogP contribution in [0, 0.1) is 0 Å². The van der Waals surface area contributed by atoms with Gasteiger partial charge < -0.3 is 4.74 Å². The summed E-state index contributed by atoms with van der Waals surface area (Å²) in [6, 6.07) is 0. The molecule has 0 radical (unpaired) electrons. The Hall–Kier alpha value is -0.920. The standard InChI is InChI=1S/C11H19N3O3S/c1-2-14(9-10-5-3-4-6-17-10)18(15,16)11-7-12-13-8-11/h7-8,10H,2-6,9H2,1H3,(H,12,13). The maximum absolute atomic E-state index is 12.3. The summed E-state index contributed by atoms with van der Waals surface area (Å²) in [5.74, 6) is 0. The monoisotopic (exact) mass is 273 g/mol. The number of hydrogen-bond acceptors (Lipinski definition) is 4. The van der Waals surface area contributed by atoms with Gasteiger partial charge in [0.05, 0.1) is 12.3 Å². The van der Waals surface area contributed by atoms with E-state index in [4.69, 9.17) is 4.74 Å². The number of nitrogens with zero attached hydrogens (tertiary/aromatic N) is 2. The molecule has 1 aromatic heterocycles. The highest BCUT2D eigenvalue weighted by Gasteiger charge is 2.27. The van der Waals surface area contributed by atoms with Crippen molar-refractivity contribution in [1.82, 2.24) is 14.5 Å². The van der Waals surface area contributed by atoms with Crippen LogP contribution in [0.3, 0.4) is 0 Å². The molecular formula is C11H19N3O3S. The minimum absolute atomic E-state index is 0.0142. The molecule has 1 N–H and O–H groups in total. The molecule has 2 rings (SSSR count). The molecule has 1 atom stereocenters. The Kier molecular flexibility index (Phi) is 4.36. The molecule has 102 valence electrons. The summed E-state index contributed by atoms with van der Waals surface area (Å²) in [7, 11) is -3.45. The highest BCUT2D eigenvalue weighted by atomic mass is 32.2. The van der Waals surface area contributed by atoms with E-state index in [0.29, 0.717) is 13.1 Å². The fraction of sp³-hybridized carbons (Fsp3) is 0.727. The second-order valence-corrected chi connectivity index (χ2v) is 6.32. The molecule has 2 heterocycles. The smallest absolute Gasteiger partial charge is 0.246 e. The Bertz CT molecular complexity index is 452. The summed E-state index contributed by atoms with van der Waals surface area (Å²) in [6.45, 7) is 3.42. The van der Waals surface area contributed by atoms with Crippen molar-refractivity contribution in [1.29, 1.82) is 0 Å². The highest BCUT2D eigenvalue weighted by Crippen LogP contribution is 2.18. The van der Waals surface area contributed by atoms with E-state index in [2.05, 4.69) is 10.2 Å². The van der Waals surface area contributed by atoms with Crippen molar-refractivity contribution in [2.24, 2.45) is 0 Å². The molecule has 1 aromatic rings. The minimum Gasteiger partial charge on any atom is -0.377 e. The number of likely N-dealkylation sites (N-methyl/N-ethyl adjacent to an activating group) is 1. The third kappa shape index (κ3) is 2.90. The third-order valence-electron chi connectivity index (χ3n) is 3.14. The Balaban J connectivity index is 2.08. The van der Waals surface area contributed by atoms with E-state index in [1.54, 1.807) is 0 Å². The van der Waals surface area contributed by atoms with Crippen LogP contribution in [0.1, 0.15) is 26.2 Å². The van der Waals surface area contributed by atoms with E-state index in [1.165, 1.54) is 16.7 Å². The highest BCUT2D eigenvalue weighted by molar-refractivity contribution is 7.89. The normalized spacial score (nSPS) is 21.3. The van der Waals surface area contributed by atoms with Crippen LogP contribution in [-0.2, 0) is 14.8 Å². The number of sulfonamides is 1. The van der Waals surface area contributed by atoms with Crippen molar-refractivity contribution in [3.8, 4) is 0 Å². The van der Waals surface area contributed by atoms with Gasteiger partial charge in [0, 0.05) is 25.9 Å². The van der Waals surface area contributed by atoms with Crippen LogP contribution in [0.5, 0.6) is 0 Å². The molecule has 1 saturated heterocycles. The molecule has 6 nitrogen and oxygen atoms in total. The minimum atomic E-state index is -3.45. The van der Waals surface area contributed by atoms with Gasteiger partial charge in [0.2, 0.25) is 10.0 Å². The molecular weight excluding hydrogens is 254 g/mol. The quantitative estimate of drug-likeness (QED) is 0.868. The SMILES string of the molecule is CCN(CC1CCCCO1)S(=O)(=O)c1cn[nH]c1. The van der Waals surface area contributed by atoms with E-state index < -0.39 is 10.0 Å². The second-order valence-electron chi connectivity index (χ2n) is 4.38. The van der Waals surface area contributed by atoms with Crippen LogP contribution in [0.2, 0.25) is 0 Å². The van der Waals surface area contributed by atoms with Gasteiger partial charge >= 0.3 is 0 Å². The molecule has 0 bridgehead atoms. The average molecular weight is 273 g/mol. The van der Waals surface area contributed by atoms with Crippen LogP contribution in [0.25, 0.3) is 0 Å². The molecule has 1 unspecified atom stereocenters. The molecule has 0 saturated carbocycles. The van der Waals surface area contributed by atoms with Crippen LogP contribution >= 0.6 is 0 Å². The van der Waals surface area contributed by atoms with E-state index >= 15 is 0 Å². The molecule has 1 aliphatic rings. The number of H-pyrrole nitrogens is 1. The number of nitrogens with one attached hydrogen (secondary N) is 1. The van der Waals surface area contributed by atoms with Gasteiger partial charge in [-0.1, -0.05) is 6.92 Å². The molecule has 1 fully saturated rings. The first kappa shape index (κ1) is 13.5. The summed E-state index contributed by atoms with van der Waals surface area (Å²) in [6.07, 6.45) is 5.85. The van der Waals surface area contributed by atoms with Gasteiger partial charge in [-0.15, -0.1) is 0 Å². The summed E-state index contributed by atoms with van der Waals surface area (Å²) in [5, 5.41) is 6.22. The largest absolute Gasteiger partial charge is 0.377 e. The van der Waals surface area contributed by atoms with E-state index in [-0.39, 0.29) is 11.0 Å². The Labute approximate surface area is 107 Å². The molecule has 1 aliphatic heterocycles. The van der Waals surface area contributed by atoms with Gasteiger partial charge in [-0.25, -0.2) is 8.42 Å². The lowest BCUT2D eigenvalue weighted by atomic mass is 10.1. The fourth-order valence-electron chi connectivity index (χ4n) is 2.10. The number of hydrogen-bond donors (Lipinski definition) is 1. The zero-order valence-corrected chi connectivity index (χ0v) is 11.3. The first-order valence-electron chi connectivity index (χ1n) is 6.25. The van der Waals surface area contributed by atoms with Crippen molar-refractivity contribution in [3.05, 3.63) is 12.4 Å². The molecule has 0 aliphatic carbocycles. The molecule has 18 heavy (non-hydrogen) atoms. The summed E-state index contributed by atoms with van der Waals surface area (Å²) < 4.78 is 31.7. The van der Waals surface area contributed by atoms with Gasteiger partial charge in [-0.2, -0.15) is 9.40 Å². The second kappa shape index (κ2) is 5.81. The predicted octanol–water partition coefficient (Wildman–Crippen LogP) is 0.989. The van der Waals surface area contributed by atoms with Crippen molar-refractivity contribution in [3.63, 3.8) is 0 Å². The lowest BCUT2D eigenvalue weighted by molar-refractivity contribution is 0.00670. The average Bonchev–Trinajstić information content (AvgIpc) is 2.91. The summed E-state index contributed by atoms with van der Waals surface area (Å²) >= 11 is 0. The van der Waals surface area contributed by atoms with Crippen LogP contribution in [-0.4, -0.2) is 48.7 Å². The number of aromatic amines is 1.